The Morgan fingerprint density at radius 3 is 1.17 bits per heavy atom. The molecule has 0 aromatic rings. The van der Waals surface area contributed by atoms with Crippen molar-refractivity contribution in [1.82, 2.24) is 0 Å². The molecule has 0 N–H and O–H groups in total. The van der Waals surface area contributed by atoms with E-state index in [0.717, 1.165) is 24.0 Å². The van der Waals surface area contributed by atoms with Crippen LogP contribution < -0.4 is 0 Å². The van der Waals surface area contributed by atoms with Crippen LogP contribution in [0, 0.1) is 0 Å². The summed E-state index contributed by atoms with van der Waals surface area (Å²) in [7, 11) is 19.2. The van der Waals surface area contributed by atoms with E-state index in [2.05, 4.69) is 0 Å². The van der Waals surface area contributed by atoms with Gasteiger partial charge < -0.3 is 0 Å². The first-order chi connectivity index (χ1) is 6.00. The molecule has 0 amide bonds. The Balaban J connectivity index is 2.00. The van der Waals surface area contributed by atoms with Gasteiger partial charge in [-0.25, -0.2) is 0 Å². The molecule has 0 unspecified atom stereocenters. The van der Waals surface area contributed by atoms with Crippen LogP contribution in [0.4, 0.5) is 0 Å². The zero-order valence-corrected chi connectivity index (χ0v) is 16.5. The van der Waals surface area contributed by atoms with Crippen molar-refractivity contribution in [3.05, 3.63) is 0 Å². The fourth-order valence-corrected chi connectivity index (χ4v) is 59.1. The van der Waals surface area contributed by atoms with Crippen LogP contribution in [-0.4, -0.2) is 24.0 Å². The Morgan fingerprint density at radius 1 is 0.417 bits per heavy atom. The van der Waals surface area contributed by atoms with Gasteiger partial charge in [0.05, 0.1) is 0 Å². The number of hydrogen-bond acceptors (Lipinski definition) is 10. The van der Waals surface area contributed by atoms with Gasteiger partial charge in [-0.15, -0.1) is 0 Å². The molecule has 0 saturated carbocycles. The molecule has 0 aromatic carbocycles. The molecule has 0 aromatic heterocycles. The molecule has 1 fully saturated rings. The first-order valence-corrected chi connectivity index (χ1v) is 23.2. The van der Waals surface area contributed by atoms with E-state index in [1.807, 2.05) is 97.0 Å². The van der Waals surface area contributed by atoms with Gasteiger partial charge in [0.1, 0.15) is 0 Å². The van der Waals surface area contributed by atoms with Crippen LogP contribution in [0.3, 0.4) is 0 Å². The van der Waals surface area contributed by atoms with Gasteiger partial charge in [0.15, 0.2) is 0 Å². The molecule has 12 heteroatoms. The molecular weight excluding hydrogens is 479 g/mol. The molecular formula is S10Se2. The topological polar surface area (TPSA) is 0 Å². The van der Waals surface area contributed by atoms with E-state index >= 15 is 0 Å². The Bertz CT molecular complexity index is 50.8. The Hall–Kier alpha value is 4.54. The van der Waals surface area contributed by atoms with Crippen LogP contribution in [0.5, 0.6) is 0 Å². The van der Waals surface area contributed by atoms with Gasteiger partial charge >= 0.3 is 121 Å². The Morgan fingerprint density at radius 2 is 0.750 bits per heavy atom. The Labute approximate surface area is 118 Å². The van der Waals surface area contributed by atoms with Gasteiger partial charge in [0.25, 0.3) is 0 Å². The average Bonchev–Trinajstić information content (AvgIpc) is 2.05. The third-order valence-electron chi connectivity index (χ3n) is 0.333. The second kappa shape index (κ2) is 12.0. The summed E-state index contributed by atoms with van der Waals surface area (Å²) in [5.74, 6) is 0. The van der Waals surface area contributed by atoms with Crippen molar-refractivity contribution in [3.8, 4) is 0 Å². The maximum atomic E-state index is 2.04. The summed E-state index contributed by atoms with van der Waals surface area (Å²) in [5.41, 5.74) is 0. The molecule has 0 spiro atoms. The van der Waals surface area contributed by atoms with Crippen molar-refractivity contribution < 1.29 is 0 Å². The van der Waals surface area contributed by atoms with Crippen molar-refractivity contribution in [2.24, 2.45) is 0 Å². The van der Waals surface area contributed by atoms with Gasteiger partial charge in [0.2, 0.25) is 0 Å². The fourth-order valence-electron chi connectivity index (χ4n) is 0.136. The van der Waals surface area contributed by atoms with Crippen molar-refractivity contribution in [2.75, 3.05) is 0 Å². The quantitative estimate of drug-likeness (QED) is 0.312. The minimum absolute atomic E-state index is 0.811. The predicted octanol–water partition coefficient (Wildman–Crippen LogP) is 5.72. The summed E-state index contributed by atoms with van der Waals surface area (Å²) in [4.78, 5) is 0. The van der Waals surface area contributed by atoms with E-state index in [1.54, 1.807) is 0 Å². The molecule has 1 aliphatic heterocycles. The molecule has 1 heterocycles. The van der Waals surface area contributed by atoms with E-state index in [-0.39, 0.29) is 0 Å². The maximum absolute atomic E-state index is 2.04. The second-order valence-electron chi connectivity index (χ2n) is 0.816. The van der Waals surface area contributed by atoms with Crippen molar-refractivity contribution in [2.45, 2.75) is 0 Å². The summed E-state index contributed by atoms with van der Waals surface area (Å²) in [5, 5.41) is 0. The predicted molar refractivity (Wildman–Crippen MR) is 87.4 cm³/mol. The van der Waals surface area contributed by atoms with Crippen molar-refractivity contribution >= 4 is 121 Å². The van der Waals surface area contributed by atoms with Gasteiger partial charge in [-0.3, -0.25) is 0 Å². The zero-order valence-electron chi connectivity index (χ0n) is 4.90. The zero-order chi connectivity index (χ0) is 8.49. The monoisotopic (exact) mass is 480 g/mol. The van der Waals surface area contributed by atoms with Crippen molar-refractivity contribution in [3.63, 3.8) is 0 Å². The average molecular weight is 479 g/mol. The first kappa shape index (κ1) is 14.6. The molecule has 0 nitrogen and oxygen atoms in total. The molecule has 1 rings (SSSR count). The normalized spacial score (nSPS) is 24.0. The van der Waals surface area contributed by atoms with Crippen LogP contribution in [-0.2, 0) is 0 Å². The van der Waals surface area contributed by atoms with Crippen molar-refractivity contribution in [1.29, 1.82) is 0 Å². The van der Waals surface area contributed by atoms with Gasteiger partial charge in [0, 0.05) is 0 Å². The molecule has 1 saturated heterocycles. The summed E-state index contributed by atoms with van der Waals surface area (Å²) in [6.07, 6.45) is 0. The summed E-state index contributed by atoms with van der Waals surface area (Å²) >= 11 is 1.62. The van der Waals surface area contributed by atoms with Crippen LogP contribution in [0.2, 0.25) is 0 Å². The van der Waals surface area contributed by atoms with E-state index in [4.69, 9.17) is 0 Å². The number of hydrogen-bond donors (Lipinski definition) is 0. The Kier molecular flexibility index (Phi) is 14.6. The standard InChI is InChI=1S/S10Se2/c1-2-4-6-8-10-12-11-9-7-5-3-1. The summed E-state index contributed by atoms with van der Waals surface area (Å²) in [6, 6.07) is 0. The van der Waals surface area contributed by atoms with E-state index in [0.29, 0.717) is 0 Å². The summed E-state index contributed by atoms with van der Waals surface area (Å²) < 4.78 is 0. The van der Waals surface area contributed by atoms with E-state index in [9.17, 15) is 0 Å². The second-order valence-corrected chi connectivity index (χ2v) is 32.1. The molecule has 72 valence electrons. The van der Waals surface area contributed by atoms with E-state index in [1.165, 1.54) is 0 Å². The third-order valence-corrected chi connectivity index (χ3v) is 43.8. The van der Waals surface area contributed by atoms with E-state index < -0.39 is 0 Å². The molecule has 0 aliphatic carbocycles. The van der Waals surface area contributed by atoms with Crippen LogP contribution in [0.25, 0.3) is 0 Å². The third kappa shape index (κ3) is 9.74. The molecule has 0 atom stereocenters. The number of rotatable bonds is 0. The molecule has 12 heavy (non-hydrogen) atoms. The van der Waals surface area contributed by atoms with Gasteiger partial charge in [-0.1, -0.05) is 0 Å². The fraction of sp³-hybridized carbons (Fsp3) is 0. The molecule has 0 radical (unpaired) electrons. The van der Waals surface area contributed by atoms with Crippen LogP contribution in [0.1, 0.15) is 0 Å². The van der Waals surface area contributed by atoms with Gasteiger partial charge in [-0.2, -0.15) is 0 Å². The molecule has 0 bridgehead atoms. The SMILES string of the molecule is S1SSSSS[Se][Se]SSSS1. The van der Waals surface area contributed by atoms with Crippen LogP contribution >= 0.6 is 97.0 Å². The first-order valence-electron chi connectivity index (χ1n) is 2.00. The molecule has 1 aliphatic rings. The van der Waals surface area contributed by atoms with Crippen LogP contribution in [0.15, 0.2) is 0 Å². The summed E-state index contributed by atoms with van der Waals surface area (Å²) in [6.45, 7) is 0. The minimum atomic E-state index is 0.811. The van der Waals surface area contributed by atoms with Gasteiger partial charge in [-0.05, 0) is 0 Å².